The van der Waals surface area contributed by atoms with Gasteiger partial charge in [-0.25, -0.2) is 13.8 Å². The van der Waals surface area contributed by atoms with E-state index in [0.717, 1.165) is 0 Å². The van der Waals surface area contributed by atoms with Crippen molar-refractivity contribution in [3.63, 3.8) is 0 Å². The summed E-state index contributed by atoms with van der Waals surface area (Å²) >= 11 is 5.63. The smallest absolute Gasteiger partial charge is 0.241 e. The van der Waals surface area contributed by atoms with Crippen molar-refractivity contribution in [1.82, 2.24) is 4.98 Å². The van der Waals surface area contributed by atoms with Gasteiger partial charge in [-0.1, -0.05) is 11.6 Å². The molecule has 0 aliphatic rings. The van der Waals surface area contributed by atoms with Crippen LogP contribution in [-0.4, -0.2) is 4.98 Å². The number of halogens is 3. The molecule has 0 saturated carbocycles. The lowest BCUT2D eigenvalue weighted by Crippen LogP contribution is -1.95. The van der Waals surface area contributed by atoms with E-state index in [9.17, 15) is 8.78 Å². The first-order valence-corrected chi connectivity index (χ1v) is 3.82. The van der Waals surface area contributed by atoms with E-state index in [1.807, 2.05) is 0 Å². The minimum Gasteiger partial charge on any atom is -0.241 e. The van der Waals surface area contributed by atoms with Crippen molar-refractivity contribution in [2.45, 2.75) is 20.3 Å². The van der Waals surface area contributed by atoms with E-state index in [2.05, 4.69) is 4.98 Å². The van der Waals surface area contributed by atoms with Crippen LogP contribution < -0.4 is 0 Å². The SMILES string of the molecule is Cc1cc(C(F)F)c(C)nc1Cl. The first kappa shape index (κ1) is 9.39. The maximum absolute atomic E-state index is 12.3. The van der Waals surface area contributed by atoms with Crippen molar-refractivity contribution in [3.8, 4) is 0 Å². The monoisotopic (exact) mass is 191 g/mol. The van der Waals surface area contributed by atoms with Crippen molar-refractivity contribution in [2.24, 2.45) is 0 Å². The Bertz CT molecular complexity index is 299. The van der Waals surface area contributed by atoms with Crippen LogP contribution in [0.25, 0.3) is 0 Å². The fourth-order valence-corrected chi connectivity index (χ4v) is 1.10. The molecule has 0 atom stereocenters. The van der Waals surface area contributed by atoms with Gasteiger partial charge in [-0.05, 0) is 25.5 Å². The third kappa shape index (κ3) is 1.72. The van der Waals surface area contributed by atoms with Crippen molar-refractivity contribution in [3.05, 3.63) is 28.0 Å². The minimum atomic E-state index is -2.48. The van der Waals surface area contributed by atoms with Gasteiger partial charge in [0.1, 0.15) is 5.15 Å². The van der Waals surface area contributed by atoms with Gasteiger partial charge in [0.15, 0.2) is 0 Å². The molecule has 1 heterocycles. The Hall–Kier alpha value is -0.700. The summed E-state index contributed by atoms with van der Waals surface area (Å²) in [6.07, 6.45) is -2.48. The van der Waals surface area contributed by atoms with E-state index < -0.39 is 6.43 Å². The second kappa shape index (κ2) is 3.35. The van der Waals surface area contributed by atoms with Crippen LogP contribution in [0.5, 0.6) is 0 Å². The molecule has 1 aromatic rings. The van der Waals surface area contributed by atoms with E-state index in [1.165, 1.54) is 13.0 Å². The number of pyridine rings is 1. The molecular formula is C8H8ClF2N. The molecule has 1 aromatic heterocycles. The summed E-state index contributed by atoms with van der Waals surface area (Å²) < 4.78 is 24.5. The Balaban J connectivity index is 3.23. The molecule has 0 amide bonds. The fraction of sp³-hybridized carbons (Fsp3) is 0.375. The summed E-state index contributed by atoms with van der Waals surface area (Å²) in [5.41, 5.74) is 0.829. The molecule has 0 aliphatic heterocycles. The summed E-state index contributed by atoms with van der Waals surface area (Å²) in [6, 6.07) is 1.37. The Morgan fingerprint density at radius 3 is 2.50 bits per heavy atom. The van der Waals surface area contributed by atoms with Crippen LogP contribution in [0, 0.1) is 13.8 Å². The fourth-order valence-electron chi connectivity index (χ4n) is 0.918. The maximum atomic E-state index is 12.3. The number of aryl methyl sites for hydroxylation is 2. The van der Waals surface area contributed by atoms with E-state index in [-0.39, 0.29) is 10.7 Å². The third-order valence-corrected chi connectivity index (χ3v) is 2.00. The van der Waals surface area contributed by atoms with Gasteiger partial charge in [0.05, 0.1) is 0 Å². The molecule has 0 bridgehead atoms. The molecule has 0 N–H and O–H groups in total. The van der Waals surface area contributed by atoms with Crippen molar-refractivity contribution in [1.29, 1.82) is 0 Å². The molecule has 12 heavy (non-hydrogen) atoms. The average Bonchev–Trinajstić information content (AvgIpc) is 1.96. The molecule has 66 valence electrons. The highest BCUT2D eigenvalue weighted by Crippen LogP contribution is 2.24. The van der Waals surface area contributed by atoms with Gasteiger partial charge in [-0.3, -0.25) is 0 Å². The highest BCUT2D eigenvalue weighted by Gasteiger charge is 2.12. The van der Waals surface area contributed by atoms with Gasteiger partial charge in [0, 0.05) is 11.3 Å². The van der Waals surface area contributed by atoms with E-state index >= 15 is 0 Å². The number of rotatable bonds is 1. The first-order valence-electron chi connectivity index (χ1n) is 3.44. The lowest BCUT2D eigenvalue weighted by atomic mass is 10.1. The zero-order valence-electron chi connectivity index (χ0n) is 6.74. The molecule has 0 spiro atoms. The predicted molar refractivity (Wildman–Crippen MR) is 43.7 cm³/mol. The van der Waals surface area contributed by atoms with Gasteiger partial charge >= 0.3 is 0 Å². The first-order chi connectivity index (χ1) is 5.52. The van der Waals surface area contributed by atoms with Crippen LogP contribution >= 0.6 is 11.6 Å². The predicted octanol–water partition coefficient (Wildman–Crippen LogP) is 3.29. The Labute approximate surface area is 74.4 Å². The van der Waals surface area contributed by atoms with Gasteiger partial charge < -0.3 is 0 Å². The second-order valence-electron chi connectivity index (χ2n) is 2.57. The molecular weight excluding hydrogens is 184 g/mol. The average molecular weight is 192 g/mol. The van der Waals surface area contributed by atoms with Crippen LogP contribution in [0.3, 0.4) is 0 Å². The van der Waals surface area contributed by atoms with E-state index in [1.54, 1.807) is 6.92 Å². The molecule has 0 unspecified atom stereocenters. The number of aromatic nitrogens is 1. The summed E-state index contributed by atoms with van der Waals surface area (Å²) in [7, 11) is 0. The van der Waals surface area contributed by atoms with Crippen LogP contribution in [0.4, 0.5) is 8.78 Å². The molecule has 0 fully saturated rings. The second-order valence-corrected chi connectivity index (χ2v) is 2.93. The van der Waals surface area contributed by atoms with Crippen molar-refractivity contribution < 1.29 is 8.78 Å². The highest BCUT2D eigenvalue weighted by atomic mass is 35.5. The molecule has 0 aliphatic carbocycles. The Kier molecular flexibility index (Phi) is 2.62. The molecule has 1 nitrogen and oxygen atoms in total. The molecule has 0 aromatic carbocycles. The van der Waals surface area contributed by atoms with Gasteiger partial charge in [0.2, 0.25) is 0 Å². The molecule has 1 rings (SSSR count). The summed E-state index contributed by atoms with van der Waals surface area (Å²) in [5.74, 6) is 0. The van der Waals surface area contributed by atoms with Crippen molar-refractivity contribution in [2.75, 3.05) is 0 Å². The van der Waals surface area contributed by atoms with Crippen LogP contribution in [-0.2, 0) is 0 Å². The van der Waals surface area contributed by atoms with Gasteiger partial charge in [-0.15, -0.1) is 0 Å². The summed E-state index contributed by atoms with van der Waals surface area (Å²) in [4.78, 5) is 3.78. The van der Waals surface area contributed by atoms with Gasteiger partial charge in [-0.2, -0.15) is 0 Å². The zero-order valence-corrected chi connectivity index (χ0v) is 7.49. The number of hydrogen-bond donors (Lipinski definition) is 0. The van der Waals surface area contributed by atoms with Gasteiger partial charge in [0.25, 0.3) is 6.43 Å². The number of alkyl halides is 2. The normalized spacial score (nSPS) is 10.8. The minimum absolute atomic E-state index is 0.0445. The molecule has 4 heteroatoms. The lowest BCUT2D eigenvalue weighted by Gasteiger charge is -2.05. The maximum Gasteiger partial charge on any atom is 0.265 e. The third-order valence-electron chi connectivity index (χ3n) is 1.62. The zero-order chi connectivity index (χ0) is 9.30. The summed E-state index contributed by atoms with van der Waals surface area (Å²) in [5, 5.41) is 0.289. The molecule has 0 saturated heterocycles. The summed E-state index contributed by atoms with van der Waals surface area (Å²) in [6.45, 7) is 3.17. The Morgan fingerprint density at radius 2 is 2.00 bits per heavy atom. The van der Waals surface area contributed by atoms with E-state index in [0.29, 0.717) is 11.3 Å². The van der Waals surface area contributed by atoms with E-state index in [4.69, 9.17) is 11.6 Å². The standard InChI is InChI=1S/C8H8ClF2N/c1-4-3-6(8(10)11)5(2)12-7(4)9/h3,8H,1-2H3. The Morgan fingerprint density at radius 1 is 1.42 bits per heavy atom. The topological polar surface area (TPSA) is 12.9 Å². The van der Waals surface area contributed by atoms with Crippen LogP contribution in [0.1, 0.15) is 23.2 Å². The van der Waals surface area contributed by atoms with Crippen LogP contribution in [0.2, 0.25) is 5.15 Å². The quantitative estimate of drug-likeness (QED) is 0.621. The number of nitrogens with zero attached hydrogens (tertiary/aromatic N) is 1. The largest absolute Gasteiger partial charge is 0.265 e. The lowest BCUT2D eigenvalue weighted by molar-refractivity contribution is 0.150. The number of hydrogen-bond acceptors (Lipinski definition) is 1. The molecule has 0 radical (unpaired) electrons. The van der Waals surface area contributed by atoms with Crippen molar-refractivity contribution >= 4 is 11.6 Å². The highest BCUT2D eigenvalue weighted by molar-refractivity contribution is 6.30. The van der Waals surface area contributed by atoms with Crippen LogP contribution in [0.15, 0.2) is 6.07 Å².